The second-order valence-corrected chi connectivity index (χ2v) is 5.97. The van der Waals surface area contributed by atoms with Gasteiger partial charge in [0, 0.05) is 26.2 Å². The van der Waals surface area contributed by atoms with E-state index in [4.69, 9.17) is 18.9 Å². The molecule has 0 saturated heterocycles. The van der Waals surface area contributed by atoms with Crippen LogP contribution in [0, 0.1) is 5.92 Å². The van der Waals surface area contributed by atoms with E-state index < -0.39 is 0 Å². The third-order valence-corrected chi connectivity index (χ3v) is 3.75. The van der Waals surface area contributed by atoms with E-state index in [2.05, 4.69) is 26.5 Å². The number of carbonyl (C=O) groups excluding carboxylic acids is 1. The molecule has 0 rings (SSSR count). The average Bonchev–Trinajstić information content (AvgIpc) is 2.60. The normalized spacial score (nSPS) is 15.8. The number of hydrogen-bond donors (Lipinski definition) is 0. The molecule has 0 aliphatic carbocycles. The smallest absolute Gasteiger partial charge is 0.330 e. The minimum absolute atomic E-state index is 0.0236. The van der Waals surface area contributed by atoms with Crippen molar-refractivity contribution in [1.29, 1.82) is 0 Å². The lowest BCUT2D eigenvalue weighted by Crippen LogP contribution is -2.36. The maximum Gasteiger partial charge on any atom is 0.330 e. The topological polar surface area (TPSA) is 54.0 Å². The third-order valence-electron chi connectivity index (χ3n) is 3.75. The lowest BCUT2D eigenvalue weighted by molar-refractivity contribution is -0.137. The summed E-state index contributed by atoms with van der Waals surface area (Å²) < 4.78 is 21.6. The van der Waals surface area contributed by atoms with Crippen LogP contribution in [0.4, 0.5) is 0 Å². The molecular weight excluding hydrogens is 320 g/mol. The van der Waals surface area contributed by atoms with E-state index >= 15 is 0 Å². The third kappa shape index (κ3) is 10.9. The lowest BCUT2D eigenvalue weighted by atomic mass is 9.96. The van der Waals surface area contributed by atoms with Gasteiger partial charge in [-0.3, -0.25) is 0 Å². The number of ether oxygens (including phenoxy) is 4. The standard InChI is InChI=1S/C20H34O5/c1-7-9-10-11-12-19(21)24-14-16(3)13-17(4)20(25-15-22-5)18(8-2)23-6/h7,11-13,17-18,20H,1,8-10,14-15H2,2-6H3/b12-11+,16-13-/t17?,18-,20+/m1/s1. The molecule has 0 fully saturated rings. The number of hydrogen-bond acceptors (Lipinski definition) is 5. The van der Waals surface area contributed by atoms with Crippen LogP contribution in [0.3, 0.4) is 0 Å². The zero-order chi connectivity index (χ0) is 19.1. The second-order valence-electron chi connectivity index (χ2n) is 5.97. The van der Waals surface area contributed by atoms with Crippen LogP contribution in [0.25, 0.3) is 0 Å². The number of esters is 1. The summed E-state index contributed by atoms with van der Waals surface area (Å²) in [6, 6.07) is 0. The van der Waals surface area contributed by atoms with Gasteiger partial charge in [-0.25, -0.2) is 4.79 Å². The van der Waals surface area contributed by atoms with Crippen molar-refractivity contribution in [3.63, 3.8) is 0 Å². The summed E-state index contributed by atoms with van der Waals surface area (Å²) in [6.07, 6.45) is 9.45. The summed E-state index contributed by atoms with van der Waals surface area (Å²) in [6.45, 7) is 10.2. The van der Waals surface area contributed by atoms with E-state index in [0.717, 1.165) is 24.8 Å². The van der Waals surface area contributed by atoms with Crippen LogP contribution in [0.5, 0.6) is 0 Å². The molecule has 0 saturated carbocycles. The molecule has 5 heteroatoms. The van der Waals surface area contributed by atoms with Gasteiger partial charge in [-0.05, 0) is 31.8 Å². The van der Waals surface area contributed by atoms with E-state index in [9.17, 15) is 4.79 Å². The predicted molar refractivity (Wildman–Crippen MR) is 100 cm³/mol. The monoisotopic (exact) mass is 354 g/mol. The lowest BCUT2D eigenvalue weighted by Gasteiger charge is -2.29. The number of methoxy groups -OCH3 is 2. The largest absolute Gasteiger partial charge is 0.458 e. The highest BCUT2D eigenvalue weighted by Crippen LogP contribution is 2.19. The molecule has 5 nitrogen and oxygen atoms in total. The first-order valence-electron chi connectivity index (χ1n) is 8.74. The first-order valence-corrected chi connectivity index (χ1v) is 8.74. The van der Waals surface area contributed by atoms with Crippen molar-refractivity contribution >= 4 is 5.97 Å². The zero-order valence-electron chi connectivity index (χ0n) is 16.3. The Hall–Kier alpha value is -1.43. The predicted octanol–water partition coefficient (Wildman–Crippen LogP) is 4.05. The molecule has 0 heterocycles. The number of allylic oxidation sites excluding steroid dienone is 2. The Morgan fingerprint density at radius 3 is 2.52 bits per heavy atom. The van der Waals surface area contributed by atoms with Crippen LogP contribution >= 0.6 is 0 Å². The van der Waals surface area contributed by atoms with Crippen molar-refractivity contribution < 1.29 is 23.7 Å². The van der Waals surface area contributed by atoms with Crippen LogP contribution < -0.4 is 0 Å². The van der Waals surface area contributed by atoms with Crippen LogP contribution in [0.2, 0.25) is 0 Å². The van der Waals surface area contributed by atoms with Crippen molar-refractivity contribution in [3.8, 4) is 0 Å². The molecule has 0 amide bonds. The van der Waals surface area contributed by atoms with E-state index in [-0.39, 0.29) is 37.5 Å². The molecule has 0 bridgehead atoms. The number of rotatable bonds is 14. The van der Waals surface area contributed by atoms with Crippen molar-refractivity contribution in [1.82, 2.24) is 0 Å². The Balaban J connectivity index is 4.61. The van der Waals surface area contributed by atoms with E-state index in [1.165, 1.54) is 6.08 Å². The van der Waals surface area contributed by atoms with Gasteiger partial charge in [0.25, 0.3) is 0 Å². The number of carbonyl (C=O) groups is 1. The highest BCUT2D eigenvalue weighted by Gasteiger charge is 2.25. The van der Waals surface area contributed by atoms with E-state index in [0.29, 0.717) is 0 Å². The fraction of sp³-hybridized carbons (Fsp3) is 0.650. The Morgan fingerprint density at radius 2 is 1.96 bits per heavy atom. The average molecular weight is 354 g/mol. The highest BCUT2D eigenvalue weighted by atomic mass is 16.7. The summed E-state index contributed by atoms with van der Waals surface area (Å²) >= 11 is 0. The molecular formula is C20H34O5. The Kier molecular flexibility index (Phi) is 14.0. The van der Waals surface area contributed by atoms with Crippen molar-refractivity contribution in [2.45, 2.75) is 52.2 Å². The fourth-order valence-corrected chi connectivity index (χ4v) is 2.50. The van der Waals surface area contributed by atoms with Crippen molar-refractivity contribution in [3.05, 3.63) is 36.5 Å². The Morgan fingerprint density at radius 1 is 1.24 bits per heavy atom. The SMILES string of the molecule is C=CCC/C=C/C(=O)OC/C(C)=C\C(C)[C@H](OCOC)[C@@H](CC)OC. The van der Waals surface area contributed by atoms with Gasteiger partial charge in [-0.15, -0.1) is 6.58 Å². The quantitative estimate of drug-likeness (QED) is 0.155. The second kappa shape index (κ2) is 14.9. The summed E-state index contributed by atoms with van der Waals surface area (Å²) in [7, 11) is 3.28. The maximum absolute atomic E-state index is 11.6. The van der Waals surface area contributed by atoms with Gasteiger partial charge in [-0.1, -0.05) is 32.1 Å². The summed E-state index contributed by atoms with van der Waals surface area (Å²) in [4.78, 5) is 11.6. The minimum atomic E-state index is -0.333. The van der Waals surface area contributed by atoms with Gasteiger partial charge >= 0.3 is 5.97 Å². The molecule has 1 unspecified atom stereocenters. The molecule has 3 atom stereocenters. The van der Waals surface area contributed by atoms with Crippen LogP contribution in [0.15, 0.2) is 36.5 Å². The van der Waals surface area contributed by atoms with E-state index in [1.54, 1.807) is 20.3 Å². The Bertz CT molecular complexity index is 424. The summed E-state index contributed by atoms with van der Waals surface area (Å²) in [5.41, 5.74) is 0.970. The molecule has 0 spiro atoms. The summed E-state index contributed by atoms with van der Waals surface area (Å²) in [5.74, 6) is -0.234. The van der Waals surface area contributed by atoms with Gasteiger partial charge in [0.2, 0.25) is 0 Å². The van der Waals surface area contributed by atoms with Crippen molar-refractivity contribution in [2.24, 2.45) is 5.92 Å². The maximum atomic E-state index is 11.6. The van der Waals surface area contributed by atoms with Crippen LogP contribution in [-0.2, 0) is 23.7 Å². The molecule has 0 radical (unpaired) electrons. The van der Waals surface area contributed by atoms with E-state index in [1.807, 2.05) is 13.0 Å². The number of unbranched alkanes of at least 4 members (excludes halogenated alkanes) is 1. The summed E-state index contributed by atoms with van der Waals surface area (Å²) in [5, 5.41) is 0. The first kappa shape index (κ1) is 23.6. The van der Waals surface area contributed by atoms with Crippen molar-refractivity contribution in [2.75, 3.05) is 27.6 Å². The van der Waals surface area contributed by atoms with Crippen LogP contribution in [0.1, 0.15) is 40.0 Å². The molecule has 0 aromatic carbocycles. The molecule has 144 valence electrons. The Labute approximate surface area is 152 Å². The zero-order valence-corrected chi connectivity index (χ0v) is 16.3. The molecule has 0 aliphatic heterocycles. The van der Waals surface area contributed by atoms with Gasteiger partial charge in [0.15, 0.2) is 0 Å². The molecule has 0 N–H and O–H groups in total. The highest BCUT2D eigenvalue weighted by molar-refractivity contribution is 5.81. The van der Waals surface area contributed by atoms with Gasteiger partial charge in [0.05, 0.1) is 12.2 Å². The van der Waals surface area contributed by atoms with Gasteiger partial charge < -0.3 is 18.9 Å². The molecule has 0 aliphatic rings. The van der Waals surface area contributed by atoms with Gasteiger partial charge in [0.1, 0.15) is 13.4 Å². The first-order chi connectivity index (χ1) is 12.0. The molecule has 0 aromatic rings. The van der Waals surface area contributed by atoms with Gasteiger partial charge in [-0.2, -0.15) is 0 Å². The molecule has 0 aromatic heterocycles. The van der Waals surface area contributed by atoms with Crippen LogP contribution in [-0.4, -0.2) is 45.8 Å². The fourth-order valence-electron chi connectivity index (χ4n) is 2.50. The molecule has 25 heavy (non-hydrogen) atoms. The minimum Gasteiger partial charge on any atom is -0.458 e.